The van der Waals surface area contributed by atoms with Crippen molar-refractivity contribution in [3.05, 3.63) is 35.9 Å². The van der Waals surface area contributed by atoms with Crippen LogP contribution < -0.4 is 5.32 Å². The molecule has 1 N–H and O–H groups in total. The van der Waals surface area contributed by atoms with Crippen molar-refractivity contribution in [3.8, 4) is 0 Å². The first-order chi connectivity index (χ1) is 12.4. The zero-order valence-electron chi connectivity index (χ0n) is 15.8. The molecule has 1 aliphatic carbocycles. The van der Waals surface area contributed by atoms with E-state index in [9.17, 15) is 9.59 Å². The molecule has 1 unspecified atom stereocenters. The Morgan fingerprint density at radius 1 is 1.08 bits per heavy atom. The predicted molar refractivity (Wildman–Crippen MR) is 101 cm³/mol. The summed E-state index contributed by atoms with van der Waals surface area (Å²) < 4.78 is 0. The third-order valence-electron chi connectivity index (χ3n) is 6.39. The number of nitrogens with zero attached hydrogens (tertiary/aromatic N) is 2. The quantitative estimate of drug-likeness (QED) is 0.901. The SMILES string of the molecule is CC(C)N1CCC(=O)NC2(CCN(C(=O)C3(c4ccccc4)CC3)C2)C1. The van der Waals surface area contributed by atoms with Gasteiger partial charge in [0.15, 0.2) is 0 Å². The van der Waals surface area contributed by atoms with Crippen molar-refractivity contribution >= 4 is 11.8 Å². The van der Waals surface area contributed by atoms with E-state index in [0.29, 0.717) is 19.0 Å². The summed E-state index contributed by atoms with van der Waals surface area (Å²) in [5.41, 5.74) is 0.527. The maximum atomic E-state index is 13.3. The molecule has 5 heteroatoms. The second-order valence-corrected chi connectivity index (χ2v) is 8.57. The molecule has 0 bridgehead atoms. The summed E-state index contributed by atoms with van der Waals surface area (Å²) in [5, 5.41) is 3.26. The van der Waals surface area contributed by atoms with Gasteiger partial charge in [-0.1, -0.05) is 30.3 Å². The van der Waals surface area contributed by atoms with E-state index in [1.807, 2.05) is 23.1 Å². The van der Waals surface area contributed by atoms with Gasteiger partial charge in [-0.2, -0.15) is 0 Å². The highest BCUT2D eigenvalue weighted by atomic mass is 16.2. The van der Waals surface area contributed by atoms with Gasteiger partial charge in [0.2, 0.25) is 11.8 Å². The summed E-state index contributed by atoms with van der Waals surface area (Å²) in [5.74, 6) is 0.363. The van der Waals surface area contributed by atoms with Gasteiger partial charge in [-0.25, -0.2) is 0 Å². The summed E-state index contributed by atoms with van der Waals surface area (Å²) in [4.78, 5) is 30.0. The minimum absolute atomic E-state index is 0.117. The van der Waals surface area contributed by atoms with Crippen molar-refractivity contribution < 1.29 is 9.59 Å². The molecule has 1 spiro atoms. The Balaban J connectivity index is 1.52. The fourth-order valence-electron chi connectivity index (χ4n) is 4.64. The molecule has 2 amide bonds. The van der Waals surface area contributed by atoms with Crippen LogP contribution in [0.3, 0.4) is 0 Å². The first kappa shape index (κ1) is 17.5. The molecule has 2 saturated heterocycles. The van der Waals surface area contributed by atoms with Crippen LogP contribution in [-0.4, -0.2) is 59.4 Å². The molecule has 3 aliphatic rings. The number of carbonyl (C=O) groups excluding carboxylic acids is 2. The van der Waals surface area contributed by atoms with E-state index in [0.717, 1.165) is 44.5 Å². The van der Waals surface area contributed by atoms with Crippen molar-refractivity contribution in [3.63, 3.8) is 0 Å². The lowest BCUT2D eigenvalue weighted by atomic mass is 9.94. The topological polar surface area (TPSA) is 52.7 Å². The lowest BCUT2D eigenvalue weighted by molar-refractivity contribution is -0.133. The molecular formula is C21H29N3O2. The van der Waals surface area contributed by atoms with Gasteiger partial charge in [-0.15, -0.1) is 0 Å². The molecular weight excluding hydrogens is 326 g/mol. The van der Waals surface area contributed by atoms with E-state index in [2.05, 4.69) is 36.2 Å². The van der Waals surface area contributed by atoms with Crippen LogP contribution in [-0.2, 0) is 15.0 Å². The molecule has 4 rings (SSSR count). The molecule has 1 atom stereocenters. The molecule has 1 saturated carbocycles. The first-order valence-electron chi connectivity index (χ1n) is 9.84. The second-order valence-electron chi connectivity index (χ2n) is 8.57. The molecule has 140 valence electrons. The first-order valence-corrected chi connectivity index (χ1v) is 9.84. The average molecular weight is 355 g/mol. The van der Waals surface area contributed by atoms with E-state index in [1.54, 1.807) is 0 Å². The third-order valence-corrected chi connectivity index (χ3v) is 6.39. The van der Waals surface area contributed by atoms with Crippen molar-refractivity contribution in [1.82, 2.24) is 15.1 Å². The Labute approximate surface area is 155 Å². The summed E-state index contributed by atoms with van der Waals surface area (Å²) in [7, 11) is 0. The highest BCUT2D eigenvalue weighted by Gasteiger charge is 2.55. The van der Waals surface area contributed by atoms with E-state index >= 15 is 0 Å². The lowest BCUT2D eigenvalue weighted by Gasteiger charge is -2.35. The van der Waals surface area contributed by atoms with Crippen LogP contribution in [0.4, 0.5) is 0 Å². The highest BCUT2D eigenvalue weighted by Crippen LogP contribution is 2.50. The van der Waals surface area contributed by atoms with E-state index in [4.69, 9.17) is 0 Å². The minimum Gasteiger partial charge on any atom is -0.347 e. The van der Waals surface area contributed by atoms with Gasteiger partial charge in [0.25, 0.3) is 0 Å². The Kier molecular flexibility index (Phi) is 4.30. The normalized spacial score (nSPS) is 28.3. The van der Waals surface area contributed by atoms with Crippen LogP contribution >= 0.6 is 0 Å². The van der Waals surface area contributed by atoms with Crippen LogP contribution in [0.1, 0.15) is 45.1 Å². The Bertz CT molecular complexity index is 698. The van der Waals surface area contributed by atoms with Gasteiger partial charge in [-0.05, 0) is 38.7 Å². The predicted octanol–water partition coefficient (Wildman–Crippen LogP) is 1.92. The van der Waals surface area contributed by atoms with Crippen LogP contribution in [0.5, 0.6) is 0 Å². The van der Waals surface area contributed by atoms with Crippen molar-refractivity contribution in [2.24, 2.45) is 0 Å². The molecule has 26 heavy (non-hydrogen) atoms. The zero-order chi connectivity index (χ0) is 18.4. The fraction of sp³-hybridized carbons (Fsp3) is 0.619. The van der Waals surface area contributed by atoms with Gasteiger partial charge >= 0.3 is 0 Å². The minimum atomic E-state index is -0.320. The monoisotopic (exact) mass is 355 g/mol. The summed E-state index contributed by atoms with van der Waals surface area (Å²) in [6, 6.07) is 10.6. The van der Waals surface area contributed by atoms with Gasteiger partial charge in [0, 0.05) is 38.6 Å². The average Bonchev–Trinajstić information content (AvgIpc) is 3.37. The van der Waals surface area contributed by atoms with Crippen LogP contribution in [0.15, 0.2) is 30.3 Å². The van der Waals surface area contributed by atoms with Gasteiger partial charge in [-0.3, -0.25) is 14.5 Å². The molecule has 3 fully saturated rings. The number of nitrogens with one attached hydrogen (secondary N) is 1. The smallest absolute Gasteiger partial charge is 0.233 e. The zero-order valence-corrected chi connectivity index (χ0v) is 15.8. The van der Waals surface area contributed by atoms with Crippen molar-refractivity contribution in [1.29, 1.82) is 0 Å². The number of rotatable bonds is 3. The Hall–Kier alpha value is -1.88. The van der Waals surface area contributed by atoms with E-state index in [1.165, 1.54) is 0 Å². The van der Waals surface area contributed by atoms with Gasteiger partial charge in [0.05, 0.1) is 11.0 Å². The number of benzene rings is 1. The maximum Gasteiger partial charge on any atom is 0.233 e. The van der Waals surface area contributed by atoms with E-state index < -0.39 is 0 Å². The molecule has 2 heterocycles. The van der Waals surface area contributed by atoms with Crippen LogP contribution in [0, 0.1) is 0 Å². The summed E-state index contributed by atoms with van der Waals surface area (Å²) in [6.45, 7) is 7.35. The molecule has 1 aromatic rings. The maximum absolute atomic E-state index is 13.3. The molecule has 0 aromatic heterocycles. The van der Waals surface area contributed by atoms with E-state index in [-0.39, 0.29) is 22.8 Å². The number of amides is 2. The second kappa shape index (κ2) is 6.38. The number of carbonyl (C=O) groups is 2. The summed E-state index contributed by atoms with van der Waals surface area (Å²) >= 11 is 0. The van der Waals surface area contributed by atoms with Crippen molar-refractivity contribution in [2.45, 2.75) is 56.5 Å². The van der Waals surface area contributed by atoms with Gasteiger partial charge < -0.3 is 10.2 Å². The van der Waals surface area contributed by atoms with Crippen LogP contribution in [0.25, 0.3) is 0 Å². The fourth-order valence-corrected chi connectivity index (χ4v) is 4.64. The largest absolute Gasteiger partial charge is 0.347 e. The number of hydrogen-bond donors (Lipinski definition) is 1. The Morgan fingerprint density at radius 2 is 1.81 bits per heavy atom. The third kappa shape index (κ3) is 3.02. The van der Waals surface area contributed by atoms with Crippen LogP contribution in [0.2, 0.25) is 0 Å². The molecule has 2 aliphatic heterocycles. The number of likely N-dealkylation sites (tertiary alicyclic amines) is 1. The lowest BCUT2D eigenvalue weighted by Crippen LogP contribution is -2.56. The van der Waals surface area contributed by atoms with Crippen molar-refractivity contribution in [2.75, 3.05) is 26.2 Å². The van der Waals surface area contributed by atoms with Gasteiger partial charge in [0.1, 0.15) is 0 Å². The molecule has 5 nitrogen and oxygen atoms in total. The standard InChI is InChI=1S/C21H29N3O2/c1-16(2)23-12-8-18(25)22-20(14-23)11-13-24(15-20)19(26)21(9-10-21)17-6-4-3-5-7-17/h3-7,16H,8-15H2,1-2H3,(H,22,25). The molecule has 0 radical (unpaired) electrons. The molecule has 1 aromatic carbocycles. The summed E-state index contributed by atoms with van der Waals surface area (Å²) in [6.07, 6.45) is 3.26. The highest BCUT2D eigenvalue weighted by molar-refractivity contribution is 5.91. The number of hydrogen-bond acceptors (Lipinski definition) is 3. The Morgan fingerprint density at radius 3 is 2.46 bits per heavy atom.